The fraction of sp³-hybridized carbons (Fsp3) is 0.214. The molecule has 184 valence electrons. The van der Waals surface area contributed by atoms with Crippen LogP contribution in [0.3, 0.4) is 0 Å². The monoisotopic (exact) mass is 488 g/mol. The maximum Gasteiger partial charge on any atom is 0.312 e. The number of carbonyl (C=O) groups is 2. The molecule has 3 aromatic carbocycles. The van der Waals surface area contributed by atoms with E-state index in [0.29, 0.717) is 51.2 Å². The van der Waals surface area contributed by atoms with Gasteiger partial charge in [-0.1, -0.05) is 18.2 Å². The zero-order valence-electron chi connectivity index (χ0n) is 20.2. The Morgan fingerprint density at radius 1 is 0.833 bits per heavy atom. The van der Waals surface area contributed by atoms with Crippen molar-refractivity contribution in [2.75, 3.05) is 28.4 Å². The Labute approximate surface area is 207 Å². The lowest BCUT2D eigenvalue weighted by atomic mass is 9.84. The highest BCUT2D eigenvalue weighted by Crippen LogP contribution is 2.50. The summed E-state index contributed by atoms with van der Waals surface area (Å²) in [6.07, 6.45) is 1.70. The van der Waals surface area contributed by atoms with Crippen LogP contribution in [0.2, 0.25) is 0 Å². The number of ether oxygens (including phenoxy) is 6. The van der Waals surface area contributed by atoms with Gasteiger partial charge in [0.2, 0.25) is 5.78 Å². The van der Waals surface area contributed by atoms with Crippen molar-refractivity contribution in [3.63, 3.8) is 0 Å². The third kappa shape index (κ3) is 3.80. The Kier molecular flexibility index (Phi) is 6.01. The summed E-state index contributed by atoms with van der Waals surface area (Å²) < 4.78 is 33.3. The molecule has 0 aromatic heterocycles. The van der Waals surface area contributed by atoms with Crippen molar-refractivity contribution in [2.45, 2.75) is 12.3 Å². The molecule has 0 spiro atoms. The molecule has 8 nitrogen and oxygen atoms in total. The van der Waals surface area contributed by atoms with Crippen molar-refractivity contribution in [1.82, 2.24) is 0 Å². The predicted octanol–water partition coefficient (Wildman–Crippen LogP) is 4.78. The van der Waals surface area contributed by atoms with Gasteiger partial charge in [0.1, 0.15) is 11.5 Å². The van der Waals surface area contributed by atoms with Crippen molar-refractivity contribution < 1.29 is 38.0 Å². The molecule has 0 unspecified atom stereocenters. The molecule has 5 rings (SSSR count). The normalized spacial score (nSPS) is 17.1. The van der Waals surface area contributed by atoms with Crippen LogP contribution in [-0.4, -0.2) is 40.2 Å². The molecule has 2 heterocycles. The number of Topliss-reactive ketones (excluding diaryl/α,β-unsaturated/α-hetero) is 1. The van der Waals surface area contributed by atoms with Crippen LogP contribution in [0.25, 0.3) is 6.08 Å². The predicted molar refractivity (Wildman–Crippen MR) is 131 cm³/mol. The van der Waals surface area contributed by atoms with E-state index in [1.54, 1.807) is 63.8 Å². The van der Waals surface area contributed by atoms with Crippen molar-refractivity contribution in [3.8, 4) is 34.5 Å². The van der Waals surface area contributed by atoms with Gasteiger partial charge in [0.05, 0.1) is 40.4 Å². The molecule has 8 heteroatoms. The maximum atomic E-state index is 13.3. The van der Waals surface area contributed by atoms with Crippen LogP contribution in [0.4, 0.5) is 0 Å². The second kappa shape index (κ2) is 9.30. The van der Waals surface area contributed by atoms with E-state index in [2.05, 4.69) is 0 Å². The minimum absolute atomic E-state index is 0.0826. The van der Waals surface area contributed by atoms with Gasteiger partial charge in [0.25, 0.3) is 0 Å². The van der Waals surface area contributed by atoms with E-state index < -0.39 is 5.92 Å². The lowest BCUT2D eigenvalue weighted by Gasteiger charge is -2.26. The minimum atomic E-state index is -0.408. The SMILES string of the molecule is COc1ccc([C@@H]2CC(=O)Oc3ccc4c(c32)O/C(=C\c2cccc(OC)c2OC)C4=O)cc1OC. The summed E-state index contributed by atoms with van der Waals surface area (Å²) in [7, 11) is 6.19. The molecule has 1 atom stereocenters. The van der Waals surface area contributed by atoms with Gasteiger partial charge in [-0.3, -0.25) is 9.59 Å². The molecule has 2 aliphatic rings. The minimum Gasteiger partial charge on any atom is -0.493 e. The van der Waals surface area contributed by atoms with Crippen LogP contribution in [0.5, 0.6) is 34.5 Å². The largest absolute Gasteiger partial charge is 0.493 e. The van der Waals surface area contributed by atoms with Crippen molar-refractivity contribution in [2.24, 2.45) is 0 Å². The molecule has 2 aliphatic heterocycles. The number of hydrogen-bond donors (Lipinski definition) is 0. The van der Waals surface area contributed by atoms with Crippen molar-refractivity contribution >= 4 is 17.8 Å². The van der Waals surface area contributed by atoms with Gasteiger partial charge >= 0.3 is 5.97 Å². The highest BCUT2D eigenvalue weighted by molar-refractivity contribution is 6.15. The third-order valence-corrected chi connectivity index (χ3v) is 6.31. The molecule has 0 saturated carbocycles. The van der Waals surface area contributed by atoms with Crippen LogP contribution >= 0.6 is 0 Å². The number of methoxy groups -OCH3 is 4. The smallest absolute Gasteiger partial charge is 0.312 e. The quantitative estimate of drug-likeness (QED) is 0.278. The average Bonchev–Trinajstić information content (AvgIpc) is 3.22. The molecule has 0 amide bonds. The Hall–Kier alpha value is -4.46. The van der Waals surface area contributed by atoms with Gasteiger partial charge < -0.3 is 28.4 Å². The van der Waals surface area contributed by atoms with Gasteiger partial charge in [-0.2, -0.15) is 0 Å². The fourth-order valence-electron chi connectivity index (χ4n) is 4.63. The number of para-hydroxylation sites is 1. The first kappa shape index (κ1) is 23.3. The molecule has 0 saturated heterocycles. The third-order valence-electron chi connectivity index (χ3n) is 6.31. The lowest BCUT2D eigenvalue weighted by Crippen LogP contribution is -2.21. The summed E-state index contributed by atoms with van der Waals surface area (Å²) in [4.78, 5) is 25.8. The number of benzene rings is 3. The molecule has 0 radical (unpaired) electrons. The second-order valence-electron chi connectivity index (χ2n) is 8.22. The van der Waals surface area contributed by atoms with E-state index in [1.165, 1.54) is 7.11 Å². The number of carbonyl (C=O) groups excluding carboxylic acids is 2. The summed E-state index contributed by atoms with van der Waals surface area (Å²) in [5, 5.41) is 0. The first-order valence-electron chi connectivity index (χ1n) is 11.2. The summed E-state index contributed by atoms with van der Waals surface area (Å²) in [6, 6.07) is 14.1. The van der Waals surface area contributed by atoms with E-state index in [4.69, 9.17) is 28.4 Å². The van der Waals surface area contributed by atoms with E-state index in [9.17, 15) is 9.59 Å². The molecule has 0 bridgehead atoms. The molecule has 0 N–H and O–H groups in total. The Morgan fingerprint density at radius 3 is 2.33 bits per heavy atom. The number of ketones is 1. The summed E-state index contributed by atoms with van der Waals surface area (Å²) >= 11 is 0. The van der Waals surface area contributed by atoms with Gasteiger partial charge in [-0.05, 0) is 42.0 Å². The molecular formula is C28H24O8. The zero-order chi connectivity index (χ0) is 25.4. The highest BCUT2D eigenvalue weighted by atomic mass is 16.5. The molecule has 36 heavy (non-hydrogen) atoms. The van der Waals surface area contributed by atoms with Gasteiger partial charge in [0, 0.05) is 17.0 Å². The molecule has 0 aliphatic carbocycles. The van der Waals surface area contributed by atoms with E-state index in [1.807, 2.05) is 12.1 Å². The van der Waals surface area contributed by atoms with E-state index in [0.717, 1.165) is 5.56 Å². The van der Waals surface area contributed by atoms with E-state index >= 15 is 0 Å². The lowest BCUT2D eigenvalue weighted by molar-refractivity contribution is -0.135. The summed E-state index contributed by atoms with van der Waals surface area (Å²) in [6.45, 7) is 0. The van der Waals surface area contributed by atoms with Gasteiger partial charge in [0.15, 0.2) is 28.8 Å². The van der Waals surface area contributed by atoms with Crippen LogP contribution in [-0.2, 0) is 4.79 Å². The topological polar surface area (TPSA) is 89.5 Å². The first-order valence-corrected chi connectivity index (χ1v) is 11.2. The number of allylic oxidation sites excluding steroid dienone is 1. The Morgan fingerprint density at radius 2 is 1.61 bits per heavy atom. The Balaban J connectivity index is 1.61. The van der Waals surface area contributed by atoms with Gasteiger partial charge in [-0.15, -0.1) is 0 Å². The maximum absolute atomic E-state index is 13.3. The van der Waals surface area contributed by atoms with Crippen LogP contribution < -0.4 is 28.4 Å². The zero-order valence-corrected chi connectivity index (χ0v) is 20.2. The summed E-state index contributed by atoms with van der Waals surface area (Å²) in [5.74, 6) is 1.93. The number of rotatable bonds is 6. The van der Waals surface area contributed by atoms with Crippen LogP contribution in [0.15, 0.2) is 54.3 Å². The standard InChI is InChI=1S/C28H24O8/c1-31-19-10-8-15(12-22(19)33-3)18-14-24(29)35-20-11-9-17-26(30)23(36-28(17)25(18)20)13-16-6-5-7-21(32-2)27(16)34-4/h5-13,18H,14H2,1-4H3/b23-13-/t18-/m0/s1. The highest BCUT2D eigenvalue weighted by Gasteiger charge is 2.39. The molecular weight excluding hydrogens is 464 g/mol. The van der Waals surface area contributed by atoms with Gasteiger partial charge in [-0.25, -0.2) is 0 Å². The molecule has 0 fully saturated rings. The second-order valence-corrected chi connectivity index (χ2v) is 8.22. The van der Waals surface area contributed by atoms with Crippen molar-refractivity contribution in [1.29, 1.82) is 0 Å². The number of hydrogen-bond acceptors (Lipinski definition) is 8. The molecule has 3 aromatic rings. The van der Waals surface area contributed by atoms with E-state index in [-0.39, 0.29) is 23.9 Å². The number of esters is 1. The fourth-order valence-corrected chi connectivity index (χ4v) is 4.63. The Bertz CT molecular complexity index is 1400. The summed E-state index contributed by atoms with van der Waals surface area (Å²) in [5.41, 5.74) is 2.46. The van der Waals surface area contributed by atoms with Crippen LogP contribution in [0.1, 0.15) is 39.4 Å². The van der Waals surface area contributed by atoms with Crippen molar-refractivity contribution in [3.05, 3.63) is 76.5 Å². The first-order chi connectivity index (χ1) is 17.5. The number of fused-ring (bicyclic) bond motifs is 3. The van der Waals surface area contributed by atoms with Crippen LogP contribution in [0, 0.1) is 0 Å². The average molecular weight is 488 g/mol.